The van der Waals surface area contributed by atoms with E-state index in [0.717, 1.165) is 12.8 Å². The summed E-state index contributed by atoms with van der Waals surface area (Å²) in [5.74, 6) is 2.33. The molecule has 0 bridgehead atoms. The van der Waals surface area contributed by atoms with Crippen LogP contribution in [0.5, 0.6) is 17.2 Å². The van der Waals surface area contributed by atoms with Crippen molar-refractivity contribution in [2.45, 2.75) is 59.2 Å². The van der Waals surface area contributed by atoms with E-state index in [-0.39, 0.29) is 36.6 Å². The SMILES string of the molecule is COCCCOc1cc(O[C@@H](C[C@H]2CN(C(=O)OC(C)(C)C)C[C@@H]2CO)C(C)C)ccc1OC. The Balaban J connectivity index is 2.08. The summed E-state index contributed by atoms with van der Waals surface area (Å²) in [6.07, 6.45) is 1.07. The standard InChI is InChI=1S/C26H43NO7/c1-18(2)23(13-19-15-27(16-20(19)17-28)25(29)34-26(3,4)5)33-21-9-10-22(31-7)24(14-21)32-12-8-11-30-6/h9-10,14,18-20,23,28H,8,11-13,15-17H2,1-7H3/t19-,20+,23-/m0/s1. The number of likely N-dealkylation sites (tertiary alicyclic amines) is 1. The number of aliphatic hydroxyl groups excluding tert-OH is 1. The second kappa shape index (κ2) is 13.0. The van der Waals surface area contributed by atoms with Gasteiger partial charge in [-0.15, -0.1) is 0 Å². The van der Waals surface area contributed by atoms with E-state index in [2.05, 4.69) is 13.8 Å². The summed E-state index contributed by atoms with van der Waals surface area (Å²) >= 11 is 0. The maximum atomic E-state index is 12.6. The normalized spacial score (nSPS) is 19.3. The van der Waals surface area contributed by atoms with Crippen LogP contribution in [0.3, 0.4) is 0 Å². The molecular weight excluding hydrogens is 438 g/mol. The van der Waals surface area contributed by atoms with Crippen molar-refractivity contribution in [1.82, 2.24) is 4.90 Å². The molecule has 1 aliphatic rings. The summed E-state index contributed by atoms with van der Waals surface area (Å²) in [4.78, 5) is 14.3. The number of carbonyl (C=O) groups is 1. The van der Waals surface area contributed by atoms with Crippen LogP contribution in [0.2, 0.25) is 0 Å². The Labute approximate surface area is 204 Å². The molecule has 3 atom stereocenters. The van der Waals surface area contributed by atoms with E-state index >= 15 is 0 Å². The lowest BCUT2D eigenvalue weighted by Gasteiger charge is -2.28. The van der Waals surface area contributed by atoms with Gasteiger partial charge in [-0.3, -0.25) is 0 Å². The fraction of sp³-hybridized carbons (Fsp3) is 0.731. The topological polar surface area (TPSA) is 86.7 Å². The van der Waals surface area contributed by atoms with E-state index in [9.17, 15) is 9.90 Å². The first-order chi connectivity index (χ1) is 16.1. The van der Waals surface area contributed by atoms with Crippen molar-refractivity contribution < 1.29 is 33.6 Å². The van der Waals surface area contributed by atoms with E-state index in [1.165, 1.54) is 0 Å². The first-order valence-corrected chi connectivity index (χ1v) is 12.1. The third kappa shape index (κ3) is 8.55. The molecule has 0 saturated carbocycles. The molecule has 0 aromatic heterocycles. The first-order valence-electron chi connectivity index (χ1n) is 12.1. The molecule has 1 aromatic carbocycles. The highest BCUT2D eigenvalue weighted by Gasteiger charge is 2.38. The molecular formula is C26H43NO7. The zero-order valence-electron chi connectivity index (χ0n) is 21.8. The average Bonchev–Trinajstić information content (AvgIpc) is 3.18. The Morgan fingerprint density at radius 2 is 1.82 bits per heavy atom. The molecule has 34 heavy (non-hydrogen) atoms. The molecule has 1 saturated heterocycles. The van der Waals surface area contributed by atoms with Gasteiger partial charge in [-0.25, -0.2) is 4.79 Å². The Morgan fingerprint density at radius 3 is 2.41 bits per heavy atom. The number of ether oxygens (including phenoxy) is 5. The number of carbonyl (C=O) groups excluding carboxylic acids is 1. The molecule has 0 unspecified atom stereocenters. The second-order valence-electron chi connectivity index (χ2n) is 10.2. The summed E-state index contributed by atoms with van der Waals surface area (Å²) in [5, 5.41) is 9.97. The van der Waals surface area contributed by atoms with Crippen LogP contribution in [0.1, 0.15) is 47.5 Å². The molecule has 1 N–H and O–H groups in total. The number of nitrogens with zero attached hydrogens (tertiary/aromatic N) is 1. The van der Waals surface area contributed by atoms with Crippen LogP contribution >= 0.6 is 0 Å². The van der Waals surface area contributed by atoms with Crippen LogP contribution < -0.4 is 14.2 Å². The minimum Gasteiger partial charge on any atom is -0.493 e. The Bertz CT molecular complexity index is 762. The van der Waals surface area contributed by atoms with Gasteiger partial charge in [-0.1, -0.05) is 13.8 Å². The number of benzene rings is 1. The third-order valence-corrected chi connectivity index (χ3v) is 5.91. The second-order valence-corrected chi connectivity index (χ2v) is 10.2. The largest absolute Gasteiger partial charge is 0.493 e. The van der Waals surface area contributed by atoms with E-state index in [4.69, 9.17) is 23.7 Å². The lowest BCUT2D eigenvalue weighted by molar-refractivity contribution is 0.0277. The van der Waals surface area contributed by atoms with Crippen LogP contribution in [0.15, 0.2) is 18.2 Å². The van der Waals surface area contributed by atoms with Crippen molar-refractivity contribution in [1.29, 1.82) is 0 Å². The van der Waals surface area contributed by atoms with Gasteiger partial charge in [0.2, 0.25) is 0 Å². The van der Waals surface area contributed by atoms with Crippen LogP contribution in [0, 0.1) is 17.8 Å². The quantitative estimate of drug-likeness (QED) is 0.443. The molecule has 0 spiro atoms. The average molecular weight is 482 g/mol. The minimum atomic E-state index is -0.550. The highest BCUT2D eigenvalue weighted by Crippen LogP contribution is 2.35. The molecule has 1 amide bonds. The molecule has 8 nitrogen and oxygen atoms in total. The van der Waals surface area contributed by atoms with Crippen molar-refractivity contribution in [3.05, 3.63) is 18.2 Å². The Morgan fingerprint density at radius 1 is 1.12 bits per heavy atom. The van der Waals surface area contributed by atoms with Crippen LogP contribution in [0.4, 0.5) is 4.79 Å². The number of hydrogen-bond donors (Lipinski definition) is 1. The van der Waals surface area contributed by atoms with Crippen LogP contribution in [0.25, 0.3) is 0 Å². The van der Waals surface area contributed by atoms with E-state index in [1.807, 2.05) is 39.0 Å². The highest BCUT2D eigenvalue weighted by atomic mass is 16.6. The summed E-state index contributed by atoms with van der Waals surface area (Å²) in [6, 6.07) is 5.57. The monoisotopic (exact) mass is 481 g/mol. The van der Waals surface area contributed by atoms with Gasteiger partial charge in [-0.2, -0.15) is 0 Å². The maximum Gasteiger partial charge on any atom is 0.410 e. The van der Waals surface area contributed by atoms with Crippen molar-refractivity contribution >= 4 is 6.09 Å². The van der Waals surface area contributed by atoms with Gasteiger partial charge in [-0.05, 0) is 51.2 Å². The van der Waals surface area contributed by atoms with Gasteiger partial charge in [0, 0.05) is 51.8 Å². The van der Waals surface area contributed by atoms with Crippen molar-refractivity contribution in [3.8, 4) is 17.2 Å². The number of hydrogen-bond acceptors (Lipinski definition) is 7. The summed E-state index contributed by atoms with van der Waals surface area (Å²) in [6.45, 7) is 12.0. The zero-order chi connectivity index (χ0) is 25.3. The molecule has 0 radical (unpaired) electrons. The van der Waals surface area contributed by atoms with Gasteiger partial charge in [0.1, 0.15) is 17.5 Å². The predicted octanol–water partition coefficient (Wildman–Crippen LogP) is 4.38. The molecule has 2 rings (SSSR count). The summed E-state index contributed by atoms with van der Waals surface area (Å²) < 4.78 is 28.3. The van der Waals surface area contributed by atoms with Crippen LogP contribution in [-0.4, -0.2) is 74.9 Å². The fourth-order valence-corrected chi connectivity index (χ4v) is 4.05. The van der Waals surface area contributed by atoms with E-state index in [1.54, 1.807) is 19.1 Å². The lowest BCUT2D eigenvalue weighted by Crippen LogP contribution is -2.36. The van der Waals surface area contributed by atoms with Gasteiger partial charge in [0.25, 0.3) is 0 Å². The summed E-state index contributed by atoms with van der Waals surface area (Å²) in [7, 11) is 3.28. The van der Waals surface area contributed by atoms with E-state index in [0.29, 0.717) is 43.6 Å². The first kappa shape index (κ1) is 28.1. The summed E-state index contributed by atoms with van der Waals surface area (Å²) in [5.41, 5.74) is -0.550. The highest BCUT2D eigenvalue weighted by molar-refractivity contribution is 5.68. The van der Waals surface area contributed by atoms with Crippen LogP contribution in [-0.2, 0) is 9.47 Å². The molecule has 1 fully saturated rings. The Hall–Kier alpha value is -2.19. The van der Waals surface area contributed by atoms with E-state index < -0.39 is 5.60 Å². The maximum absolute atomic E-state index is 12.6. The smallest absolute Gasteiger partial charge is 0.410 e. The fourth-order valence-electron chi connectivity index (χ4n) is 4.05. The molecule has 0 aliphatic carbocycles. The molecule has 1 heterocycles. The van der Waals surface area contributed by atoms with Crippen molar-refractivity contribution in [2.75, 3.05) is 47.1 Å². The molecule has 1 aliphatic heterocycles. The van der Waals surface area contributed by atoms with Gasteiger partial charge < -0.3 is 33.7 Å². The molecule has 194 valence electrons. The predicted molar refractivity (Wildman–Crippen MR) is 131 cm³/mol. The number of methoxy groups -OCH3 is 2. The minimum absolute atomic E-state index is 0.00656. The van der Waals surface area contributed by atoms with Gasteiger partial charge in [0.15, 0.2) is 11.5 Å². The molecule has 1 aromatic rings. The third-order valence-electron chi connectivity index (χ3n) is 5.91. The van der Waals surface area contributed by atoms with Gasteiger partial charge in [0.05, 0.1) is 13.7 Å². The van der Waals surface area contributed by atoms with Crippen molar-refractivity contribution in [3.63, 3.8) is 0 Å². The Kier molecular flexibility index (Phi) is 10.8. The van der Waals surface area contributed by atoms with Crippen molar-refractivity contribution in [2.24, 2.45) is 17.8 Å². The molecule has 8 heteroatoms. The zero-order valence-corrected chi connectivity index (χ0v) is 21.8. The number of aliphatic hydroxyl groups is 1. The number of rotatable bonds is 12. The van der Waals surface area contributed by atoms with Gasteiger partial charge >= 0.3 is 6.09 Å². The number of amides is 1. The lowest BCUT2D eigenvalue weighted by atomic mass is 9.88.